The summed E-state index contributed by atoms with van der Waals surface area (Å²) in [6, 6.07) is 15.4. The summed E-state index contributed by atoms with van der Waals surface area (Å²) < 4.78 is 17.9. The van der Waals surface area contributed by atoms with Crippen LogP contribution in [0.5, 0.6) is 11.5 Å². The number of esters is 1. The fourth-order valence-corrected chi connectivity index (χ4v) is 4.12. The molecule has 1 aliphatic rings. The SMILES string of the molecule is CCOc1ccc(-n2c(SC3CCOC3=O)nnc2-c2cccc(OC)c2)cc1. The van der Waals surface area contributed by atoms with Crippen molar-refractivity contribution in [3.05, 3.63) is 48.5 Å². The number of benzene rings is 2. The van der Waals surface area contributed by atoms with Gasteiger partial charge in [0.25, 0.3) is 0 Å². The largest absolute Gasteiger partial charge is 0.497 e. The number of cyclic esters (lactones) is 1. The number of hydrogen-bond donors (Lipinski definition) is 0. The van der Waals surface area contributed by atoms with Gasteiger partial charge in [0.2, 0.25) is 0 Å². The fourth-order valence-electron chi connectivity index (χ4n) is 3.10. The standard InChI is InChI=1S/C21H21N3O4S/c1-3-27-16-9-7-15(8-10-16)24-19(14-5-4-6-17(13-14)26-2)22-23-21(24)29-18-11-12-28-20(18)25/h4-10,13,18H,3,11-12H2,1-2H3. The van der Waals surface area contributed by atoms with Crippen LogP contribution in [0.1, 0.15) is 13.3 Å². The number of carbonyl (C=O) groups excluding carboxylic acids is 1. The zero-order chi connectivity index (χ0) is 20.2. The Morgan fingerprint density at radius 2 is 2.00 bits per heavy atom. The molecule has 150 valence electrons. The zero-order valence-electron chi connectivity index (χ0n) is 16.2. The molecule has 1 aromatic heterocycles. The van der Waals surface area contributed by atoms with Crippen molar-refractivity contribution < 1.29 is 19.0 Å². The van der Waals surface area contributed by atoms with Crippen LogP contribution in [-0.2, 0) is 9.53 Å². The molecular weight excluding hydrogens is 390 g/mol. The first-order valence-corrected chi connectivity index (χ1v) is 10.2. The number of carbonyl (C=O) groups is 1. The van der Waals surface area contributed by atoms with Crippen LogP contribution >= 0.6 is 11.8 Å². The Hall–Kier alpha value is -3.00. The molecule has 0 spiro atoms. The van der Waals surface area contributed by atoms with Gasteiger partial charge in [-0.15, -0.1) is 10.2 Å². The molecule has 8 heteroatoms. The Kier molecular flexibility index (Phi) is 5.71. The molecule has 0 saturated carbocycles. The van der Waals surface area contributed by atoms with Crippen LogP contribution in [0, 0.1) is 0 Å². The molecule has 1 unspecified atom stereocenters. The maximum Gasteiger partial charge on any atom is 0.319 e. The average Bonchev–Trinajstić information content (AvgIpc) is 3.35. The smallest absolute Gasteiger partial charge is 0.319 e. The van der Waals surface area contributed by atoms with Crippen LogP contribution in [-0.4, -0.2) is 46.3 Å². The van der Waals surface area contributed by atoms with E-state index in [0.717, 1.165) is 22.7 Å². The van der Waals surface area contributed by atoms with Crippen LogP contribution < -0.4 is 9.47 Å². The van der Waals surface area contributed by atoms with Crippen LogP contribution in [0.4, 0.5) is 0 Å². The van der Waals surface area contributed by atoms with Gasteiger partial charge in [0, 0.05) is 17.7 Å². The van der Waals surface area contributed by atoms with Crippen LogP contribution in [0.2, 0.25) is 0 Å². The molecule has 3 aromatic rings. The molecule has 7 nitrogen and oxygen atoms in total. The van der Waals surface area contributed by atoms with Crippen molar-refractivity contribution in [3.63, 3.8) is 0 Å². The van der Waals surface area contributed by atoms with E-state index < -0.39 is 0 Å². The first-order chi connectivity index (χ1) is 14.2. The van der Waals surface area contributed by atoms with E-state index in [-0.39, 0.29) is 11.2 Å². The third-order valence-corrected chi connectivity index (χ3v) is 5.69. The highest BCUT2D eigenvalue weighted by Crippen LogP contribution is 2.34. The van der Waals surface area contributed by atoms with E-state index in [0.29, 0.717) is 30.6 Å². The minimum atomic E-state index is -0.279. The lowest BCUT2D eigenvalue weighted by Gasteiger charge is -2.13. The predicted octanol–water partition coefficient (Wildman–Crippen LogP) is 3.75. The van der Waals surface area contributed by atoms with E-state index in [1.165, 1.54) is 11.8 Å². The molecule has 2 aromatic carbocycles. The molecule has 2 heterocycles. The normalized spacial score (nSPS) is 15.9. The van der Waals surface area contributed by atoms with Gasteiger partial charge >= 0.3 is 5.97 Å². The van der Waals surface area contributed by atoms with E-state index >= 15 is 0 Å². The van der Waals surface area contributed by atoms with Crippen molar-refractivity contribution in [3.8, 4) is 28.6 Å². The van der Waals surface area contributed by atoms with Gasteiger partial charge in [-0.2, -0.15) is 0 Å². The molecule has 0 amide bonds. The number of ether oxygens (including phenoxy) is 3. The zero-order valence-corrected chi connectivity index (χ0v) is 17.0. The second-order valence-electron chi connectivity index (χ2n) is 6.36. The van der Waals surface area contributed by atoms with Crippen LogP contribution in [0.3, 0.4) is 0 Å². The van der Waals surface area contributed by atoms with Crippen molar-refractivity contribution in [1.29, 1.82) is 0 Å². The van der Waals surface area contributed by atoms with Gasteiger partial charge in [-0.05, 0) is 43.3 Å². The lowest BCUT2D eigenvalue weighted by molar-refractivity contribution is -0.137. The first kappa shape index (κ1) is 19.3. The maximum atomic E-state index is 12.0. The molecule has 1 saturated heterocycles. The molecule has 1 atom stereocenters. The quantitative estimate of drug-likeness (QED) is 0.548. The topological polar surface area (TPSA) is 75.5 Å². The lowest BCUT2D eigenvalue weighted by atomic mass is 10.2. The summed E-state index contributed by atoms with van der Waals surface area (Å²) in [5.74, 6) is 1.99. The van der Waals surface area contributed by atoms with Crippen LogP contribution in [0.15, 0.2) is 53.7 Å². The Labute approximate surface area is 173 Å². The molecular formula is C21H21N3O4S. The van der Waals surface area contributed by atoms with Gasteiger partial charge in [-0.25, -0.2) is 0 Å². The molecule has 0 bridgehead atoms. The van der Waals surface area contributed by atoms with E-state index in [4.69, 9.17) is 14.2 Å². The number of aromatic nitrogens is 3. The van der Waals surface area contributed by atoms with Crippen molar-refractivity contribution in [1.82, 2.24) is 14.8 Å². The average molecular weight is 411 g/mol. The predicted molar refractivity (Wildman–Crippen MR) is 110 cm³/mol. The number of rotatable bonds is 7. The maximum absolute atomic E-state index is 12.0. The van der Waals surface area contributed by atoms with Crippen molar-refractivity contribution in [2.24, 2.45) is 0 Å². The van der Waals surface area contributed by atoms with Gasteiger partial charge in [-0.1, -0.05) is 23.9 Å². The molecule has 1 aliphatic heterocycles. The molecule has 4 rings (SSSR count). The highest BCUT2D eigenvalue weighted by Gasteiger charge is 2.30. The van der Waals surface area contributed by atoms with E-state index in [2.05, 4.69) is 10.2 Å². The third-order valence-electron chi connectivity index (χ3n) is 4.50. The van der Waals surface area contributed by atoms with Gasteiger partial charge in [0.1, 0.15) is 16.7 Å². The van der Waals surface area contributed by atoms with Gasteiger partial charge < -0.3 is 14.2 Å². The van der Waals surface area contributed by atoms with E-state index in [9.17, 15) is 4.79 Å². The molecule has 29 heavy (non-hydrogen) atoms. The Morgan fingerprint density at radius 3 is 2.69 bits per heavy atom. The van der Waals surface area contributed by atoms with Gasteiger partial charge in [-0.3, -0.25) is 9.36 Å². The van der Waals surface area contributed by atoms with Gasteiger partial charge in [0.15, 0.2) is 11.0 Å². The number of thioether (sulfide) groups is 1. The second kappa shape index (κ2) is 8.57. The Bertz CT molecular complexity index is 1000. The van der Waals surface area contributed by atoms with Crippen molar-refractivity contribution >= 4 is 17.7 Å². The van der Waals surface area contributed by atoms with Gasteiger partial charge in [0.05, 0.1) is 20.3 Å². The summed E-state index contributed by atoms with van der Waals surface area (Å²) in [4.78, 5) is 12.0. The summed E-state index contributed by atoms with van der Waals surface area (Å²) in [5.41, 5.74) is 1.75. The van der Waals surface area contributed by atoms with E-state index in [1.54, 1.807) is 7.11 Å². The Morgan fingerprint density at radius 1 is 1.17 bits per heavy atom. The second-order valence-corrected chi connectivity index (χ2v) is 7.53. The number of nitrogens with zero attached hydrogens (tertiary/aromatic N) is 3. The number of methoxy groups -OCH3 is 1. The summed E-state index contributed by atoms with van der Waals surface area (Å²) in [6.45, 7) is 2.99. The Balaban J connectivity index is 1.77. The molecule has 0 radical (unpaired) electrons. The molecule has 0 aliphatic carbocycles. The van der Waals surface area contributed by atoms with Crippen molar-refractivity contribution in [2.75, 3.05) is 20.3 Å². The minimum absolute atomic E-state index is 0.209. The fraction of sp³-hybridized carbons (Fsp3) is 0.286. The van der Waals surface area contributed by atoms with Crippen LogP contribution in [0.25, 0.3) is 17.1 Å². The number of hydrogen-bond acceptors (Lipinski definition) is 7. The molecule has 0 N–H and O–H groups in total. The van der Waals surface area contributed by atoms with E-state index in [1.807, 2.05) is 60.0 Å². The summed E-state index contributed by atoms with van der Waals surface area (Å²) >= 11 is 1.37. The van der Waals surface area contributed by atoms with Crippen molar-refractivity contribution in [2.45, 2.75) is 23.8 Å². The molecule has 1 fully saturated rings. The highest BCUT2D eigenvalue weighted by molar-refractivity contribution is 8.00. The monoisotopic (exact) mass is 411 g/mol. The minimum Gasteiger partial charge on any atom is -0.497 e. The summed E-state index contributed by atoms with van der Waals surface area (Å²) in [5, 5.41) is 9.15. The summed E-state index contributed by atoms with van der Waals surface area (Å²) in [6.07, 6.45) is 0.661. The first-order valence-electron chi connectivity index (χ1n) is 9.36. The third kappa shape index (κ3) is 4.07. The highest BCUT2D eigenvalue weighted by atomic mass is 32.2. The lowest BCUT2D eigenvalue weighted by Crippen LogP contribution is -2.11. The summed E-state index contributed by atoms with van der Waals surface area (Å²) in [7, 11) is 1.63.